The maximum atomic E-state index is 13.8. The average Bonchev–Trinajstić information content (AvgIpc) is 2.57. The third-order valence-electron chi connectivity index (χ3n) is 3.94. The van der Waals surface area contributed by atoms with Gasteiger partial charge < -0.3 is 20.2 Å². The lowest BCUT2D eigenvalue weighted by atomic mass is 10.2. The number of carbonyl (C=O) groups is 1. The average molecular weight is 333 g/mol. The van der Waals surface area contributed by atoms with Crippen molar-refractivity contribution >= 4 is 17.4 Å². The van der Waals surface area contributed by atoms with Crippen LogP contribution < -0.4 is 10.2 Å². The van der Waals surface area contributed by atoms with Gasteiger partial charge in [-0.05, 0) is 36.4 Å². The summed E-state index contributed by atoms with van der Waals surface area (Å²) >= 11 is 0. The molecular formula is C17H17F2N3O2. The van der Waals surface area contributed by atoms with E-state index in [0.717, 1.165) is 6.07 Å². The first-order valence-corrected chi connectivity index (χ1v) is 7.58. The van der Waals surface area contributed by atoms with Gasteiger partial charge in [-0.3, -0.25) is 0 Å². The fourth-order valence-electron chi connectivity index (χ4n) is 2.64. The summed E-state index contributed by atoms with van der Waals surface area (Å²) in [5, 5.41) is 12.0. The number of hydrogen-bond donors (Lipinski definition) is 2. The number of piperazine rings is 1. The predicted molar refractivity (Wildman–Crippen MR) is 87.3 cm³/mol. The van der Waals surface area contributed by atoms with Gasteiger partial charge in [0.2, 0.25) is 0 Å². The van der Waals surface area contributed by atoms with Crippen molar-refractivity contribution in [2.75, 3.05) is 36.4 Å². The predicted octanol–water partition coefficient (Wildman–Crippen LogP) is 3.02. The molecule has 0 aromatic heterocycles. The number of amides is 2. The van der Waals surface area contributed by atoms with Gasteiger partial charge in [-0.15, -0.1) is 0 Å². The monoisotopic (exact) mass is 333 g/mol. The number of aromatic hydroxyl groups is 1. The number of carbonyl (C=O) groups excluding carboxylic acids is 1. The topological polar surface area (TPSA) is 55.8 Å². The van der Waals surface area contributed by atoms with Crippen LogP contribution in [0.15, 0.2) is 42.5 Å². The van der Waals surface area contributed by atoms with Gasteiger partial charge in [0.25, 0.3) is 0 Å². The molecule has 5 nitrogen and oxygen atoms in total. The highest BCUT2D eigenvalue weighted by atomic mass is 19.1. The molecule has 7 heteroatoms. The molecule has 1 aliphatic rings. The van der Waals surface area contributed by atoms with Crippen molar-refractivity contribution in [3.8, 4) is 5.75 Å². The molecule has 0 saturated carbocycles. The Morgan fingerprint density at radius 2 is 1.67 bits per heavy atom. The van der Waals surface area contributed by atoms with Gasteiger partial charge in [-0.1, -0.05) is 0 Å². The fraction of sp³-hybridized carbons (Fsp3) is 0.235. The summed E-state index contributed by atoms with van der Waals surface area (Å²) in [7, 11) is 0. The molecule has 2 N–H and O–H groups in total. The molecule has 2 aromatic rings. The molecule has 1 aliphatic heterocycles. The van der Waals surface area contributed by atoms with E-state index in [-0.39, 0.29) is 11.8 Å². The lowest BCUT2D eigenvalue weighted by molar-refractivity contribution is 0.208. The van der Waals surface area contributed by atoms with E-state index in [1.54, 1.807) is 21.9 Å². The van der Waals surface area contributed by atoms with Crippen LogP contribution in [0.25, 0.3) is 0 Å². The zero-order chi connectivity index (χ0) is 17.1. The fourth-order valence-corrected chi connectivity index (χ4v) is 2.64. The van der Waals surface area contributed by atoms with Crippen LogP contribution in [-0.4, -0.2) is 42.2 Å². The Morgan fingerprint density at radius 3 is 2.29 bits per heavy atom. The Kier molecular flexibility index (Phi) is 4.50. The van der Waals surface area contributed by atoms with Crippen molar-refractivity contribution < 1.29 is 18.7 Å². The van der Waals surface area contributed by atoms with Crippen LogP contribution in [0.1, 0.15) is 0 Å². The van der Waals surface area contributed by atoms with Gasteiger partial charge in [0.15, 0.2) is 0 Å². The van der Waals surface area contributed by atoms with Crippen molar-refractivity contribution in [2.24, 2.45) is 0 Å². The number of benzene rings is 2. The summed E-state index contributed by atoms with van der Waals surface area (Å²) in [6.45, 7) is 1.79. The third kappa shape index (κ3) is 3.56. The number of phenols is 1. The number of nitrogens with zero attached hydrogens (tertiary/aromatic N) is 2. The van der Waals surface area contributed by atoms with Gasteiger partial charge >= 0.3 is 6.03 Å². The highest BCUT2D eigenvalue weighted by Crippen LogP contribution is 2.22. The molecule has 2 amide bonds. The molecule has 0 atom stereocenters. The van der Waals surface area contributed by atoms with E-state index >= 15 is 0 Å². The first-order chi connectivity index (χ1) is 11.5. The quantitative estimate of drug-likeness (QED) is 0.831. The van der Waals surface area contributed by atoms with Crippen molar-refractivity contribution in [1.29, 1.82) is 0 Å². The van der Waals surface area contributed by atoms with E-state index in [0.29, 0.717) is 37.6 Å². The number of rotatable bonds is 2. The summed E-state index contributed by atoms with van der Waals surface area (Å²) in [4.78, 5) is 15.6. The van der Waals surface area contributed by atoms with Crippen molar-refractivity contribution in [3.63, 3.8) is 0 Å². The largest absolute Gasteiger partial charge is 0.508 e. The highest BCUT2D eigenvalue weighted by molar-refractivity contribution is 5.89. The number of hydrogen-bond acceptors (Lipinski definition) is 3. The highest BCUT2D eigenvalue weighted by Gasteiger charge is 2.23. The van der Waals surface area contributed by atoms with Crippen LogP contribution in [0.2, 0.25) is 0 Å². The summed E-state index contributed by atoms with van der Waals surface area (Å²) in [5.74, 6) is -1.08. The number of urea groups is 1. The molecule has 2 aromatic carbocycles. The van der Waals surface area contributed by atoms with E-state index in [1.807, 2.05) is 0 Å². The maximum Gasteiger partial charge on any atom is 0.321 e. The molecule has 0 spiro atoms. The Bertz CT molecular complexity index is 729. The number of nitrogens with one attached hydrogen (secondary N) is 1. The molecule has 0 unspecified atom stereocenters. The molecule has 0 aliphatic carbocycles. The van der Waals surface area contributed by atoms with Gasteiger partial charge in [0.1, 0.15) is 17.4 Å². The Balaban J connectivity index is 1.58. The van der Waals surface area contributed by atoms with E-state index in [2.05, 4.69) is 5.32 Å². The number of anilines is 2. The smallest absolute Gasteiger partial charge is 0.321 e. The summed E-state index contributed by atoms with van der Waals surface area (Å²) in [6, 6.07) is 9.45. The first kappa shape index (κ1) is 16.0. The molecule has 3 rings (SSSR count). The second-order valence-corrected chi connectivity index (χ2v) is 5.55. The molecule has 1 heterocycles. The Labute approximate surface area is 138 Å². The first-order valence-electron chi connectivity index (χ1n) is 7.58. The van der Waals surface area contributed by atoms with Crippen LogP contribution >= 0.6 is 0 Å². The second kappa shape index (κ2) is 6.74. The number of phenolic OH excluding ortho intramolecular Hbond substituents is 1. The zero-order valence-electron chi connectivity index (χ0n) is 12.9. The third-order valence-corrected chi connectivity index (χ3v) is 3.94. The summed E-state index contributed by atoms with van der Waals surface area (Å²) < 4.78 is 26.8. The summed E-state index contributed by atoms with van der Waals surface area (Å²) in [5.41, 5.74) is 0.930. The van der Waals surface area contributed by atoms with Crippen LogP contribution in [0.3, 0.4) is 0 Å². The Hall–Kier alpha value is -2.83. The van der Waals surface area contributed by atoms with Crippen LogP contribution in [0.5, 0.6) is 5.75 Å². The minimum atomic E-state index is -0.608. The van der Waals surface area contributed by atoms with Crippen molar-refractivity contribution in [2.45, 2.75) is 0 Å². The minimum Gasteiger partial charge on any atom is -0.508 e. The van der Waals surface area contributed by atoms with Crippen LogP contribution in [0.4, 0.5) is 25.0 Å². The summed E-state index contributed by atoms with van der Waals surface area (Å²) in [6.07, 6.45) is 0. The van der Waals surface area contributed by atoms with Gasteiger partial charge in [0.05, 0.1) is 5.69 Å². The minimum absolute atomic E-state index is 0.128. The van der Waals surface area contributed by atoms with Gasteiger partial charge in [-0.25, -0.2) is 13.6 Å². The molecule has 1 fully saturated rings. The van der Waals surface area contributed by atoms with E-state index in [9.17, 15) is 18.7 Å². The normalized spacial score (nSPS) is 14.6. The van der Waals surface area contributed by atoms with Gasteiger partial charge in [-0.2, -0.15) is 0 Å². The lowest BCUT2D eigenvalue weighted by Gasteiger charge is -2.36. The second-order valence-electron chi connectivity index (χ2n) is 5.55. The Morgan fingerprint density at radius 1 is 1.00 bits per heavy atom. The zero-order valence-corrected chi connectivity index (χ0v) is 12.9. The molecule has 24 heavy (non-hydrogen) atoms. The maximum absolute atomic E-state index is 13.8. The van der Waals surface area contributed by atoms with Crippen LogP contribution in [0, 0.1) is 11.6 Å². The molecule has 126 valence electrons. The SMILES string of the molecule is O=C(Nc1ccc(O)cc1)N1CCN(c2ccc(F)cc2F)CC1. The van der Waals surface area contributed by atoms with Gasteiger partial charge in [0, 0.05) is 37.9 Å². The molecular weight excluding hydrogens is 316 g/mol. The lowest BCUT2D eigenvalue weighted by Crippen LogP contribution is -2.50. The van der Waals surface area contributed by atoms with E-state index in [4.69, 9.17) is 0 Å². The molecule has 1 saturated heterocycles. The van der Waals surface area contributed by atoms with Crippen LogP contribution in [-0.2, 0) is 0 Å². The van der Waals surface area contributed by atoms with E-state index < -0.39 is 11.6 Å². The number of halogens is 2. The molecule has 0 bridgehead atoms. The molecule has 0 radical (unpaired) electrons. The van der Waals surface area contributed by atoms with E-state index in [1.165, 1.54) is 24.3 Å². The van der Waals surface area contributed by atoms with Crippen molar-refractivity contribution in [1.82, 2.24) is 4.90 Å². The van der Waals surface area contributed by atoms with Crippen molar-refractivity contribution in [3.05, 3.63) is 54.1 Å². The standard InChI is InChI=1S/C17H17F2N3O2/c18-12-1-6-16(15(19)11-12)21-7-9-22(10-8-21)17(24)20-13-2-4-14(23)5-3-13/h1-6,11,23H,7-10H2,(H,20,24).